The molecular formula is C24H27N3O. The van der Waals surface area contributed by atoms with Gasteiger partial charge in [-0.25, -0.2) is 0 Å². The normalized spacial score (nSPS) is 27.4. The molecule has 0 saturated heterocycles. The van der Waals surface area contributed by atoms with Gasteiger partial charge in [-0.2, -0.15) is 5.10 Å². The fourth-order valence-electron chi connectivity index (χ4n) is 7.02. The summed E-state index contributed by atoms with van der Waals surface area (Å²) in [6.07, 6.45) is 10.4. The average molecular weight is 374 g/mol. The predicted molar refractivity (Wildman–Crippen MR) is 108 cm³/mol. The summed E-state index contributed by atoms with van der Waals surface area (Å²) < 4.78 is 8.02. The lowest BCUT2D eigenvalue weighted by Gasteiger charge is -2.52. The second-order valence-corrected chi connectivity index (χ2v) is 9.39. The lowest BCUT2D eigenvalue weighted by Crippen LogP contribution is -2.53. The number of rotatable bonds is 1. The van der Waals surface area contributed by atoms with Crippen molar-refractivity contribution in [3.63, 3.8) is 0 Å². The minimum Gasteiger partial charge on any atom is -0.361 e. The first-order chi connectivity index (χ1) is 13.6. The van der Waals surface area contributed by atoms with E-state index in [0.717, 1.165) is 12.8 Å². The number of nitrogens with zero attached hydrogens (tertiary/aromatic N) is 3. The molecule has 3 aromatic rings. The number of hydrogen-bond donors (Lipinski definition) is 0. The largest absolute Gasteiger partial charge is 0.361 e. The summed E-state index contributed by atoms with van der Waals surface area (Å²) in [5.74, 6) is 1.80. The maximum Gasteiger partial charge on any atom is 0.146 e. The first kappa shape index (κ1) is 16.6. The maximum atomic E-state index is 5.90. The van der Waals surface area contributed by atoms with Crippen molar-refractivity contribution in [2.45, 2.75) is 62.7 Å². The molecule has 3 aliphatic carbocycles. The van der Waals surface area contributed by atoms with E-state index in [1.807, 2.05) is 6.20 Å². The molecule has 2 aromatic heterocycles. The molecule has 2 atom stereocenters. The van der Waals surface area contributed by atoms with Crippen LogP contribution in [0.25, 0.3) is 11.3 Å². The summed E-state index contributed by atoms with van der Waals surface area (Å²) in [6.45, 7) is 2.47. The molecule has 0 radical (unpaired) electrons. The van der Waals surface area contributed by atoms with Crippen LogP contribution in [0.3, 0.4) is 0 Å². The minimum atomic E-state index is 0.0568. The van der Waals surface area contributed by atoms with E-state index in [1.54, 1.807) is 0 Å². The van der Waals surface area contributed by atoms with Crippen LogP contribution in [-0.2, 0) is 30.7 Å². The monoisotopic (exact) mass is 373 g/mol. The van der Waals surface area contributed by atoms with Gasteiger partial charge in [0.05, 0.1) is 17.6 Å². The van der Waals surface area contributed by atoms with Crippen molar-refractivity contribution >= 4 is 0 Å². The topological polar surface area (TPSA) is 43.9 Å². The zero-order valence-corrected chi connectivity index (χ0v) is 16.7. The molecule has 6 rings (SSSR count). The lowest BCUT2D eigenvalue weighted by molar-refractivity contribution is 0.0872. The molecule has 0 unspecified atom stereocenters. The van der Waals surface area contributed by atoms with Gasteiger partial charge in [0, 0.05) is 34.6 Å². The summed E-state index contributed by atoms with van der Waals surface area (Å²) in [5.41, 5.74) is 6.90. The van der Waals surface area contributed by atoms with Gasteiger partial charge in [-0.3, -0.25) is 4.68 Å². The highest BCUT2D eigenvalue weighted by molar-refractivity contribution is 5.66. The molecule has 0 bridgehead atoms. The summed E-state index contributed by atoms with van der Waals surface area (Å²) in [5, 5.41) is 9.40. The van der Waals surface area contributed by atoms with E-state index in [0.29, 0.717) is 5.92 Å². The van der Waals surface area contributed by atoms with Crippen LogP contribution < -0.4 is 0 Å². The highest BCUT2D eigenvalue weighted by Gasteiger charge is 2.60. The summed E-state index contributed by atoms with van der Waals surface area (Å²) >= 11 is 0. The first-order valence-electron chi connectivity index (χ1n) is 10.7. The molecule has 1 aromatic carbocycles. The van der Waals surface area contributed by atoms with E-state index in [1.165, 1.54) is 65.9 Å². The van der Waals surface area contributed by atoms with Crippen LogP contribution >= 0.6 is 0 Å². The van der Waals surface area contributed by atoms with Gasteiger partial charge < -0.3 is 4.52 Å². The second kappa shape index (κ2) is 5.59. The van der Waals surface area contributed by atoms with Crippen molar-refractivity contribution in [3.05, 3.63) is 59.1 Å². The summed E-state index contributed by atoms with van der Waals surface area (Å²) in [6, 6.07) is 10.8. The smallest absolute Gasteiger partial charge is 0.146 e. The Kier molecular flexibility index (Phi) is 3.31. The van der Waals surface area contributed by atoms with Gasteiger partial charge >= 0.3 is 0 Å². The number of aryl methyl sites for hydroxylation is 1. The quantitative estimate of drug-likeness (QED) is 0.605. The van der Waals surface area contributed by atoms with E-state index in [4.69, 9.17) is 9.62 Å². The zero-order valence-electron chi connectivity index (χ0n) is 16.7. The molecule has 4 nitrogen and oxygen atoms in total. The van der Waals surface area contributed by atoms with E-state index in [-0.39, 0.29) is 10.8 Å². The summed E-state index contributed by atoms with van der Waals surface area (Å²) in [4.78, 5) is 0. The summed E-state index contributed by atoms with van der Waals surface area (Å²) in [7, 11) is 2.11. The molecular weight excluding hydrogens is 346 g/mol. The standard InChI is InChI=1S/C24H27N3O/c1-23-14-17-15-25-28-22(17)24(12-6-7-13-24)19(23)11-10-18-20(27(2)26-21(18)23)16-8-4-3-5-9-16/h3-5,8-9,15,19H,6-7,10-14H2,1-2H3/t19-,23+/m1/s1. The van der Waals surface area contributed by atoms with Gasteiger partial charge in [-0.05, 0) is 38.0 Å². The second-order valence-electron chi connectivity index (χ2n) is 9.39. The van der Waals surface area contributed by atoms with Crippen LogP contribution in [0, 0.1) is 5.92 Å². The molecule has 1 saturated carbocycles. The average Bonchev–Trinajstić information content (AvgIpc) is 3.41. The third kappa shape index (κ3) is 1.96. The fourth-order valence-corrected chi connectivity index (χ4v) is 7.02. The Labute approximate surface area is 165 Å². The van der Waals surface area contributed by atoms with Crippen molar-refractivity contribution in [2.24, 2.45) is 13.0 Å². The molecule has 0 aliphatic heterocycles. The van der Waals surface area contributed by atoms with Gasteiger partial charge in [-0.1, -0.05) is 55.3 Å². The number of benzene rings is 1. The van der Waals surface area contributed by atoms with Crippen LogP contribution in [0.1, 0.15) is 61.6 Å². The van der Waals surface area contributed by atoms with Gasteiger partial charge in [0.2, 0.25) is 0 Å². The Hall–Kier alpha value is -2.36. The Morgan fingerprint density at radius 2 is 1.93 bits per heavy atom. The van der Waals surface area contributed by atoms with E-state index < -0.39 is 0 Å². The number of aromatic nitrogens is 3. The molecule has 1 spiro atoms. The Bertz CT molecular complexity index is 1040. The van der Waals surface area contributed by atoms with Gasteiger partial charge in [0.1, 0.15) is 5.76 Å². The number of fused-ring (bicyclic) bond motifs is 6. The van der Waals surface area contributed by atoms with Crippen molar-refractivity contribution in [1.29, 1.82) is 0 Å². The van der Waals surface area contributed by atoms with Crippen LogP contribution in [-0.4, -0.2) is 14.9 Å². The van der Waals surface area contributed by atoms with Crippen molar-refractivity contribution in [1.82, 2.24) is 14.9 Å². The highest BCUT2D eigenvalue weighted by Crippen LogP contribution is 2.62. The van der Waals surface area contributed by atoms with Crippen molar-refractivity contribution in [3.8, 4) is 11.3 Å². The van der Waals surface area contributed by atoms with Crippen molar-refractivity contribution < 1.29 is 4.52 Å². The maximum absolute atomic E-state index is 5.90. The SMILES string of the molecule is Cn1nc2c(c1-c1ccccc1)CC[C@H]1C3(CCCC3)c3oncc3C[C@]21C. The molecule has 4 heteroatoms. The molecule has 1 fully saturated rings. The van der Waals surface area contributed by atoms with Gasteiger partial charge in [0.25, 0.3) is 0 Å². The van der Waals surface area contributed by atoms with Crippen LogP contribution in [0.4, 0.5) is 0 Å². The van der Waals surface area contributed by atoms with E-state index in [2.05, 4.69) is 54.1 Å². The fraction of sp³-hybridized carbons (Fsp3) is 0.500. The number of hydrogen-bond acceptors (Lipinski definition) is 3. The third-order valence-corrected chi connectivity index (χ3v) is 8.00. The van der Waals surface area contributed by atoms with Crippen molar-refractivity contribution in [2.75, 3.05) is 0 Å². The Morgan fingerprint density at radius 3 is 2.71 bits per heavy atom. The molecule has 28 heavy (non-hydrogen) atoms. The van der Waals surface area contributed by atoms with Crippen LogP contribution in [0.2, 0.25) is 0 Å². The lowest BCUT2D eigenvalue weighted by atomic mass is 9.50. The van der Waals surface area contributed by atoms with Crippen LogP contribution in [0.5, 0.6) is 0 Å². The predicted octanol–water partition coefficient (Wildman–Crippen LogP) is 4.96. The molecule has 0 N–H and O–H groups in total. The van der Waals surface area contributed by atoms with E-state index in [9.17, 15) is 0 Å². The molecule has 0 amide bonds. The van der Waals surface area contributed by atoms with E-state index >= 15 is 0 Å². The minimum absolute atomic E-state index is 0.0568. The third-order valence-electron chi connectivity index (χ3n) is 8.00. The molecule has 3 aliphatic rings. The first-order valence-corrected chi connectivity index (χ1v) is 10.7. The molecule has 2 heterocycles. The highest BCUT2D eigenvalue weighted by atomic mass is 16.5. The zero-order chi connectivity index (χ0) is 18.9. The Balaban J connectivity index is 1.56. The Morgan fingerprint density at radius 1 is 1.14 bits per heavy atom. The van der Waals surface area contributed by atoms with Crippen LogP contribution in [0.15, 0.2) is 41.1 Å². The van der Waals surface area contributed by atoms with Gasteiger partial charge in [0.15, 0.2) is 0 Å². The molecule has 144 valence electrons. The van der Waals surface area contributed by atoms with Gasteiger partial charge in [-0.15, -0.1) is 0 Å².